The maximum absolute atomic E-state index is 12.0. The van der Waals surface area contributed by atoms with Gasteiger partial charge in [-0.3, -0.25) is 4.68 Å². The average molecular weight is 286 g/mol. The minimum atomic E-state index is -3.39. The number of hydrogen-bond acceptors (Lipinski definition) is 4. The third-order valence-electron chi connectivity index (χ3n) is 3.23. The quantitative estimate of drug-likeness (QED) is 0.651. The summed E-state index contributed by atoms with van der Waals surface area (Å²) in [5, 5.41) is 7.24. The highest BCUT2D eigenvalue weighted by molar-refractivity contribution is 7.89. The summed E-state index contributed by atoms with van der Waals surface area (Å²) < 4.78 is 28.3. The van der Waals surface area contributed by atoms with Crippen molar-refractivity contribution in [2.75, 3.05) is 19.6 Å². The van der Waals surface area contributed by atoms with E-state index in [1.165, 1.54) is 19.0 Å². The zero-order valence-corrected chi connectivity index (χ0v) is 12.1. The molecule has 0 atom stereocenters. The molecule has 7 heteroatoms. The molecule has 1 fully saturated rings. The van der Waals surface area contributed by atoms with Crippen molar-refractivity contribution in [3.63, 3.8) is 0 Å². The Bertz CT molecular complexity index is 494. The van der Waals surface area contributed by atoms with Gasteiger partial charge in [0.25, 0.3) is 0 Å². The van der Waals surface area contributed by atoms with Gasteiger partial charge in [0.2, 0.25) is 10.0 Å². The Labute approximate surface area is 114 Å². The average Bonchev–Trinajstić information content (AvgIpc) is 3.05. The van der Waals surface area contributed by atoms with Gasteiger partial charge in [-0.1, -0.05) is 19.8 Å². The van der Waals surface area contributed by atoms with Crippen molar-refractivity contribution in [3.05, 3.63) is 12.4 Å². The first-order valence-electron chi connectivity index (χ1n) is 6.84. The first-order valence-corrected chi connectivity index (χ1v) is 8.33. The molecule has 1 aromatic rings. The smallest absolute Gasteiger partial charge is 0.243 e. The predicted octanol–water partition coefficient (Wildman–Crippen LogP) is 0.571. The van der Waals surface area contributed by atoms with E-state index in [0.29, 0.717) is 13.1 Å². The Morgan fingerprint density at radius 1 is 1.42 bits per heavy atom. The number of likely N-dealkylation sites (N-methyl/N-ethyl adjacent to an activating group) is 1. The van der Waals surface area contributed by atoms with Crippen LogP contribution in [0.2, 0.25) is 0 Å². The molecule has 0 unspecified atom stereocenters. The summed E-state index contributed by atoms with van der Waals surface area (Å²) in [7, 11) is -3.39. The molecule has 1 aromatic heterocycles. The van der Waals surface area contributed by atoms with Gasteiger partial charge >= 0.3 is 0 Å². The van der Waals surface area contributed by atoms with Crippen molar-refractivity contribution in [2.24, 2.45) is 5.92 Å². The molecule has 2 rings (SSSR count). The van der Waals surface area contributed by atoms with Crippen LogP contribution in [-0.2, 0) is 16.6 Å². The summed E-state index contributed by atoms with van der Waals surface area (Å²) in [5.74, 6) is 0.727. The van der Waals surface area contributed by atoms with Crippen molar-refractivity contribution in [1.82, 2.24) is 19.8 Å². The van der Waals surface area contributed by atoms with Gasteiger partial charge in [0.05, 0.1) is 12.7 Å². The first-order chi connectivity index (χ1) is 9.12. The van der Waals surface area contributed by atoms with Gasteiger partial charge in [-0.25, -0.2) is 13.1 Å². The van der Waals surface area contributed by atoms with Crippen molar-refractivity contribution >= 4 is 10.0 Å². The van der Waals surface area contributed by atoms with Crippen LogP contribution in [0.4, 0.5) is 0 Å². The minimum Gasteiger partial charge on any atom is -0.315 e. The van der Waals surface area contributed by atoms with Gasteiger partial charge in [0, 0.05) is 19.3 Å². The lowest BCUT2D eigenvalue weighted by atomic mass is 10.3. The second kappa shape index (κ2) is 6.49. The summed E-state index contributed by atoms with van der Waals surface area (Å²) in [5.41, 5.74) is 0. The van der Waals surface area contributed by atoms with Crippen LogP contribution < -0.4 is 10.0 Å². The molecule has 0 aromatic carbocycles. The molecular formula is C12H22N4O2S. The molecule has 6 nitrogen and oxygen atoms in total. The topological polar surface area (TPSA) is 76.0 Å². The highest BCUT2D eigenvalue weighted by Crippen LogP contribution is 2.31. The third-order valence-corrected chi connectivity index (χ3v) is 4.64. The lowest BCUT2D eigenvalue weighted by Crippen LogP contribution is -2.25. The van der Waals surface area contributed by atoms with Crippen molar-refractivity contribution in [3.8, 4) is 0 Å². The highest BCUT2D eigenvalue weighted by Gasteiger charge is 2.22. The van der Waals surface area contributed by atoms with Crippen LogP contribution in [0.25, 0.3) is 0 Å². The molecule has 1 aliphatic rings. The minimum absolute atomic E-state index is 0.250. The van der Waals surface area contributed by atoms with Gasteiger partial charge in [0.1, 0.15) is 4.90 Å². The van der Waals surface area contributed by atoms with Crippen LogP contribution in [-0.4, -0.2) is 37.8 Å². The molecule has 2 N–H and O–H groups in total. The number of sulfonamides is 1. The molecule has 0 amide bonds. The van der Waals surface area contributed by atoms with E-state index in [4.69, 9.17) is 0 Å². The van der Waals surface area contributed by atoms with Gasteiger partial charge in [-0.2, -0.15) is 5.10 Å². The van der Waals surface area contributed by atoms with E-state index >= 15 is 0 Å². The van der Waals surface area contributed by atoms with Gasteiger partial charge in [-0.05, 0) is 18.9 Å². The fraction of sp³-hybridized carbons (Fsp3) is 0.750. The SMILES string of the molecule is CCNCCn1cc(S(=O)(=O)NCCC2CC2)cn1. The van der Waals surface area contributed by atoms with E-state index < -0.39 is 10.0 Å². The first kappa shape index (κ1) is 14.5. The Balaban J connectivity index is 1.84. The van der Waals surface area contributed by atoms with Gasteiger partial charge < -0.3 is 5.32 Å². The van der Waals surface area contributed by atoms with Crippen LogP contribution in [0, 0.1) is 5.92 Å². The highest BCUT2D eigenvalue weighted by atomic mass is 32.2. The predicted molar refractivity (Wildman–Crippen MR) is 73.3 cm³/mol. The molecule has 1 aliphatic carbocycles. The fourth-order valence-electron chi connectivity index (χ4n) is 1.86. The number of aromatic nitrogens is 2. The molecule has 1 heterocycles. The zero-order chi connectivity index (χ0) is 13.7. The van der Waals surface area contributed by atoms with E-state index in [1.807, 2.05) is 6.92 Å². The normalized spacial score (nSPS) is 15.8. The van der Waals surface area contributed by atoms with Crippen LogP contribution in [0.15, 0.2) is 17.3 Å². The Kier molecular flexibility index (Phi) is 4.95. The Morgan fingerprint density at radius 2 is 2.21 bits per heavy atom. The maximum atomic E-state index is 12.0. The van der Waals surface area contributed by atoms with Crippen molar-refractivity contribution < 1.29 is 8.42 Å². The van der Waals surface area contributed by atoms with E-state index in [1.54, 1.807) is 10.9 Å². The van der Waals surface area contributed by atoms with Crippen molar-refractivity contribution in [1.29, 1.82) is 0 Å². The molecule has 1 saturated carbocycles. The lowest BCUT2D eigenvalue weighted by Gasteiger charge is -2.04. The molecule has 19 heavy (non-hydrogen) atoms. The molecule has 0 radical (unpaired) electrons. The van der Waals surface area contributed by atoms with Crippen LogP contribution in [0.3, 0.4) is 0 Å². The second-order valence-corrected chi connectivity index (χ2v) is 6.69. The van der Waals surface area contributed by atoms with E-state index in [9.17, 15) is 8.42 Å². The summed E-state index contributed by atoms with van der Waals surface area (Å²) >= 11 is 0. The monoisotopic (exact) mass is 286 g/mol. The van der Waals surface area contributed by atoms with Gasteiger partial charge in [0.15, 0.2) is 0 Å². The van der Waals surface area contributed by atoms with Crippen LogP contribution >= 0.6 is 0 Å². The van der Waals surface area contributed by atoms with Crippen LogP contribution in [0.5, 0.6) is 0 Å². The number of hydrogen-bond donors (Lipinski definition) is 2. The third kappa shape index (κ3) is 4.59. The molecule has 0 spiro atoms. The van der Waals surface area contributed by atoms with E-state index in [2.05, 4.69) is 15.1 Å². The molecule has 0 saturated heterocycles. The number of nitrogens with one attached hydrogen (secondary N) is 2. The number of rotatable bonds is 9. The zero-order valence-electron chi connectivity index (χ0n) is 11.3. The fourth-order valence-corrected chi connectivity index (χ4v) is 2.86. The standard InChI is InChI=1S/C12H22N4O2S/c1-2-13-7-8-16-10-12(9-14-16)19(17,18)15-6-5-11-3-4-11/h9-11,13,15H,2-8H2,1H3. The number of nitrogens with zero attached hydrogens (tertiary/aromatic N) is 2. The maximum Gasteiger partial charge on any atom is 0.243 e. The molecule has 0 bridgehead atoms. The van der Waals surface area contributed by atoms with Gasteiger partial charge in [-0.15, -0.1) is 0 Å². The molecule has 0 aliphatic heterocycles. The van der Waals surface area contributed by atoms with E-state index in [-0.39, 0.29) is 4.90 Å². The lowest BCUT2D eigenvalue weighted by molar-refractivity contribution is 0.562. The summed E-state index contributed by atoms with van der Waals surface area (Å²) in [6, 6.07) is 0. The van der Waals surface area contributed by atoms with Crippen molar-refractivity contribution in [2.45, 2.75) is 37.6 Å². The van der Waals surface area contributed by atoms with Crippen LogP contribution in [0.1, 0.15) is 26.2 Å². The summed E-state index contributed by atoms with van der Waals surface area (Å²) in [4.78, 5) is 0.250. The molecule has 108 valence electrons. The van der Waals surface area contributed by atoms with E-state index in [0.717, 1.165) is 25.4 Å². The Morgan fingerprint density at radius 3 is 2.89 bits per heavy atom. The largest absolute Gasteiger partial charge is 0.315 e. The summed E-state index contributed by atoms with van der Waals surface area (Å²) in [6.07, 6.45) is 6.41. The summed E-state index contributed by atoms with van der Waals surface area (Å²) in [6.45, 7) is 4.91. The molecular weight excluding hydrogens is 264 g/mol. The second-order valence-electron chi connectivity index (χ2n) is 4.92. The Hall–Kier alpha value is -0.920.